The molecule has 0 N–H and O–H groups in total. The molecule has 0 aliphatic carbocycles. The van der Waals surface area contributed by atoms with E-state index in [0.717, 1.165) is 55.7 Å². The molecule has 5 rings (SSSR count). The van der Waals surface area contributed by atoms with Gasteiger partial charge in [-0.05, 0) is 58.2 Å². The van der Waals surface area contributed by atoms with Crippen molar-refractivity contribution in [2.24, 2.45) is 5.10 Å². The molecule has 2 aliphatic heterocycles. The molecule has 0 radical (unpaired) electrons. The third-order valence-corrected chi connectivity index (χ3v) is 7.69. The molecular weight excluding hydrogens is 584 g/mol. The highest BCUT2D eigenvalue weighted by molar-refractivity contribution is 9.11. The smallest absolute Gasteiger partial charge is 0.214 e. The number of hydrogen-bond acceptors (Lipinski definition) is 5. The van der Waals surface area contributed by atoms with Crippen LogP contribution in [0.2, 0.25) is 0 Å². The molecule has 2 heterocycles. The lowest BCUT2D eigenvalue weighted by molar-refractivity contribution is -0.0198. The summed E-state index contributed by atoms with van der Waals surface area (Å²) in [5, 5.41) is 7.16. The minimum Gasteiger partial charge on any atom is -0.493 e. The van der Waals surface area contributed by atoms with Crippen LogP contribution in [0.4, 0.5) is 0 Å². The Morgan fingerprint density at radius 1 is 1.00 bits per heavy atom. The molecule has 2 aliphatic rings. The van der Waals surface area contributed by atoms with Gasteiger partial charge in [-0.25, -0.2) is 5.01 Å². The van der Waals surface area contributed by atoms with E-state index in [-0.39, 0.29) is 6.04 Å². The maximum absolute atomic E-state index is 6.62. The van der Waals surface area contributed by atoms with Crippen LogP contribution >= 0.6 is 31.9 Å². The zero-order valence-electron chi connectivity index (χ0n) is 20.5. The van der Waals surface area contributed by atoms with Crippen LogP contribution in [0.15, 0.2) is 74.7 Å². The molecule has 0 unspecified atom stereocenters. The number of benzene rings is 3. The van der Waals surface area contributed by atoms with Crippen molar-refractivity contribution < 1.29 is 14.2 Å². The summed E-state index contributed by atoms with van der Waals surface area (Å²) in [5.41, 5.74) is 4.26. The van der Waals surface area contributed by atoms with E-state index < -0.39 is 6.23 Å². The zero-order valence-corrected chi connectivity index (χ0v) is 23.7. The predicted molar refractivity (Wildman–Crippen MR) is 150 cm³/mol. The van der Waals surface area contributed by atoms with E-state index in [4.69, 9.17) is 19.3 Å². The number of hydrogen-bond donors (Lipinski definition) is 0. The van der Waals surface area contributed by atoms with Crippen molar-refractivity contribution >= 4 is 37.6 Å². The fourth-order valence-corrected chi connectivity index (χ4v) is 6.16. The van der Waals surface area contributed by atoms with Crippen molar-refractivity contribution in [3.8, 4) is 17.2 Å². The van der Waals surface area contributed by atoms with Gasteiger partial charge in [-0.1, -0.05) is 72.4 Å². The zero-order chi connectivity index (χ0) is 25.1. The van der Waals surface area contributed by atoms with Gasteiger partial charge in [-0.15, -0.1) is 0 Å². The van der Waals surface area contributed by atoms with Crippen molar-refractivity contribution in [3.63, 3.8) is 0 Å². The lowest BCUT2D eigenvalue weighted by Gasteiger charge is -2.38. The van der Waals surface area contributed by atoms with Gasteiger partial charge >= 0.3 is 0 Å². The number of halogens is 2. The first-order valence-electron chi connectivity index (χ1n) is 12.5. The number of fused-ring (bicyclic) bond motifs is 3. The minimum atomic E-state index is -0.395. The maximum Gasteiger partial charge on any atom is 0.214 e. The van der Waals surface area contributed by atoms with Crippen LogP contribution < -0.4 is 14.2 Å². The number of nitrogens with zero attached hydrogens (tertiary/aromatic N) is 2. The fraction of sp³-hybridized carbons (Fsp3) is 0.345. The number of methoxy groups -OCH3 is 1. The summed E-state index contributed by atoms with van der Waals surface area (Å²) in [7, 11) is 1.68. The van der Waals surface area contributed by atoms with E-state index in [9.17, 15) is 0 Å². The minimum absolute atomic E-state index is 0.0586. The third kappa shape index (κ3) is 5.14. The Balaban J connectivity index is 1.48. The van der Waals surface area contributed by atoms with Crippen molar-refractivity contribution in [2.75, 3.05) is 13.7 Å². The van der Waals surface area contributed by atoms with Crippen LogP contribution in [0.5, 0.6) is 17.2 Å². The highest BCUT2D eigenvalue weighted by Gasteiger charge is 2.42. The normalized spacial score (nSPS) is 18.2. The highest BCUT2D eigenvalue weighted by atomic mass is 79.9. The molecule has 0 amide bonds. The second kappa shape index (κ2) is 11.3. The molecule has 0 saturated carbocycles. The van der Waals surface area contributed by atoms with E-state index >= 15 is 0 Å². The van der Waals surface area contributed by atoms with E-state index in [1.807, 2.05) is 24.3 Å². The molecule has 5 nitrogen and oxygen atoms in total. The molecule has 7 heteroatoms. The lowest BCUT2D eigenvalue weighted by atomic mass is 9.96. The first-order chi connectivity index (χ1) is 17.6. The topological polar surface area (TPSA) is 43.3 Å². The van der Waals surface area contributed by atoms with Crippen LogP contribution in [-0.4, -0.2) is 24.4 Å². The quantitative estimate of drug-likeness (QED) is 0.227. The molecule has 36 heavy (non-hydrogen) atoms. The SMILES string of the molecule is CCCCCCOc1ccc([C@H]2Oc3c(Br)cc(Br)cc3[C@H]3CC(c4ccccc4)=NN32)cc1OC. The van der Waals surface area contributed by atoms with Crippen molar-refractivity contribution in [2.45, 2.75) is 51.3 Å². The molecule has 0 fully saturated rings. The third-order valence-electron chi connectivity index (χ3n) is 6.64. The monoisotopic (exact) mass is 612 g/mol. The number of ether oxygens (including phenoxy) is 3. The van der Waals surface area contributed by atoms with Crippen molar-refractivity contribution in [1.29, 1.82) is 0 Å². The van der Waals surface area contributed by atoms with E-state index in [1.54, 1.807) is 7.11 Å². The molecule has 0 saturated heterocycles. The summed E-state index contributed by atoms with van der Waals surface area (Å²) >= 11 is 7.37. The molecule has 3 aromatic carbocycles. The van der Waals surface area contributed by atoms with Crippen LogP contribution in [0.1, 0.15) is 68.0 Å². The Hall–Kier alpha value is -2.51. The van der Waals surface area contributed by atoms with Gasteiger partial charge in [0.1, 0.15) is 5.75 Å². The Morgan fingerprint density at radius 3 is 2.61 bits per heavy atom. The molecule has 3 aromatic rings. The van der Waals surface area contributed by atoms with Gasteiger partial charge in [0.25, 0.3) is 0 Å². The van der Waals surface area contributed by atoms with E-state index in [1.165, 1.54) is 19.3 Å². The van der Waals surface area contributed by atoms with E-state index in [0.29, 0.717) is 12.4 Å². The fourth-order valence-electron chi connectivity index (χ4n) is 4.81. The van der Waals surface area contributed by atoms with Crippen molar-refractivity contribution in [1.82, 2.24) is 5.01 Å². The van der Waals surface area contributed by atoms with Crippen LogP contribution in [-0.2, 0) is 0 Å². The summed E-state index contributed by atoms with van der Waals surface area (Å²) in [6, 6.07) is 20.6. The highest BCUT2D eigenvalue weighted by Crippen LogP contribution is 2.51. The summed E-state index contributed by atoms with van der Waals surface area (Å²) in [5.74, 6) is 2.31. The number of hydrazone groups is 1. The van der Waals surface area contributed by atoms with Gasteiger partial charge in [0, 0.05) is 22.0 Å². The van der Waals surface area contributed by atoms with Gasteiger partial charge in [0.15, 0.2) is 11.5 Å². The van der Waals surface area contributed by atoms with Crippen molar-refractivity contribution in [3.05, 3.63) is 86.3 Å². The summed E-state index contributed by atoms with van der Waals surface area (Å²) in [6.07, 6.45) is 5.06. The lowest BCUT2D eigenvalue weighted by Crippen LogP contribution is -2.34. The summed E-state index contributed by atoms with van der Waals surface area (Å²) in [4.78, 5) is 0. The van der Waals surface area contributed by atoms with Gasteiger partial charge < -0.3 is 14.2 Å². The second-order valence-corrected chi connectivity index (χ2v) is 10.9. The van der Waals surface area contributed by atoms with E-state index in [2.05, 4.69) is 80.2 Å². The van der Waals surface area contributed by atoms with Crippen LogP contribution in [0.25, 0.3) is 0 Å². The van der Waals surface area contributed by atoms with Gasteiger partial charge in [-0.3, -0.25) is 0 Å². The molecule has 0 spiro atoms. The molecule has 0 bridgehead atoms. The van der Waals surface area contributed by atoms with Gasteiger partial charge in [-0.2, -0.15) is 5.10 Å². The summed E-state index contributed by atoms with van der Waals surface area (Å²) in [6.45, 7) is 2.90. The number of rotatable bonds is 9. The standard InChI is InChI=1S/C29H30Br2N2O3/c1-3-4-5-9-14-35-26-13-12-20(15-27(26)34-2)29-33-25(18-24(32-33)19-10-7-6-8-11-19)22-16-21(30)17-23(31)28(22)36-29/h6-8,10-13,15-17,25,29H,3-5,9,14,18H2,1-2H3/t25-,29-/m1/s1. The Labute approximate surface area is 229 Å². The molecule has 2 atom stereocenters. The molecule has 188 valence electrons. The Bertz CT molecular complexity index is 1250. The largest absolute Gasteiger partial charge is 0.493 e. The maximum atomic E-state index is 6.62. The molecular formula is C29H30Br2N2O3. The number of unbranched alkanes of at least 4 members (excludes halogenated alkanes) is 3. The Kier molecular flexibility index (Phi) is 7.87. The summed E-state index contributed by atoms with van der Waals surface area (Å²) < 4.78 is 20.3. The second-order valence-electron chi connectivity index (χ2n) is 9.11. The first-order valence-corrected chi connectivity index (χ1v) is 14.0. The average molecular weight is 614 g/mol. The van der Waals surface area contributed by atoms with Crippen LogP contribution in [0, 0.1) is 0 Å². The predicted octanol–water partition coefficient (Wildman–Crippen LogP) is 8.42. The first kappa shape index (κ1) is 25.2. The Morgan fingerprint density at radius 2 is 1.83 bits per heavy atom. The van der Waals surface area contributed by atoms with Crippen LogP contribution in [0.3, 0.4) is 0 Å². The molecule has 0 aromatic heterocycles. The van der Waals surface area contributed by atoms with Gasteiger partial charge in [0.2, 0.25) is 6.23 Å². The van der Waals surface area contributed by atoms with Gasteiger partial charge in [0.05, 0.1) is 29.9 Å². The average Bonchev–Trinajstić information content (AvgIpc) is 3.35.